The van der Waals surface area contributed by atoms with Gasteiger partial charge >= 0.3 is 0 Å². The summed E-state index contributed by atoms with van der Waals surface area (Å²) >= 11 is 3.54. The van der Waals surface area contributed by atoms with Crippen LogP contribution in [0.25, 0.3) is 0 Å². The molecule has 2 fully saturated rings. The molecular formula is C18H24BrN3O. The highest BCUT2D eigenvalue weighted by molar-refractivity contribution is 9.11. The molecule has 1 saturated carbocycles. The predicted molar refractivity (Wildman–Crippen MR) is 97.1 cm³/mol. The number of amides is 1. The summed E-state index contributed by atoms with van der Waals surface area (Å²) in [6.45, 7) is 7.65. The summed E-state index contributed by atoms with van der Waals surface area (Å²) in [5, 5.41) is 0. The SMILES string of the molecule is C=C/C(Br)=C1/N=C(C2CCN(C(=O)C3CC3)CC2)C=C(C)N1C. The fourth-order valence-electron chi connectivity index (χ4n) is 3.21. The minimum absolute atomic E-state index is 0.326. The summed E-state index contributed by atoms with van der Waals surface area (Å²) in [7, 11) is 2.02. The second-order valence-electron chi connectivity index (χ2n) is 6.63. The van der Waals surface area contributed by atoms with Gasteiger partial charge in [-0.2, -0.15) is 0 Å². The van der Waals surface area contributed by atoms with Crippen LogP contribution in [0.1, 0.15) is 32.6 Å². The first-order valence-corrected chi connectivity index (χ1v) is 9.12. The molecule has 0 spiro atoms. The van der Waals surface area contributed by atoms with Gasteiger partial charge in [0.15, 0.2) is 0 Å². The number of allylic oxidation sites excluding steroid dienone is 4. The summed E-state index contributed by atoms with van der Waals surface area (Å²) in [6.07, 6.45) is 8.14. The third-order valence-electron chi connectivity index (χ3n) is 4.98. The molecule has 1 amide bonds. The lowest BCUT2D eigenvalue weighted by molar-refractivity contribution is -0.133. The van der Waals surface area contributed by atoms with E-state index >= 15 is 0 Å². The molecule has 0 bridgehead atoms. The van der Waals surface area contributed by atoms with Gasteiger partial charge in [-0.15, -0.1) is 0 Å². The number of piperidine rings is 1. The molecule has 0 atom stereocenters. The third kappa shape index (κ3) is 3.44. The van der Waals surface area contributed by atoms with Crippen LogP contribution in [0.3, 0.4) is 0 Å². The van der Waals surface area contributed by atoms with Crippen molar-refractivity contribution in [3.63, 3.8) is 0 Å². The van der Waals surface area contributed by atoms with Crippen LogP contribution in [-0.4, -0.2) is 41.6 Å². The van der Waals surface area contributed by atoms with Crippen LogP contribution in [0, 0.1) is 11.8 Å². The Labute approximate surface area is 146 Å². The number of hydrogen-bond donors (Lipinski definition) is 0. The van der Waals surface area contributed by atoms with E-state index in [2.05, 4.69) is 45.3 Å². The van der Waals surface area contributed by atoms with Crippen LogP contribution >= 0.6 is 15.9 Å². The van der Waals surface area contributed by atoms with Crippen molar-refractivity contribution in [1.82, 2.24) is 9.80 Å². The van der Waals surface area contributed by atoms with Gasteiger partial charge in [-0.3, -0.25) is 4.79 Å². The molecule has 0 aromatic heterocycles. The molecule has 4 nitrogen and oxygen atoms in total. The lowest BCUT2D eigenvalue weighted by Crippen LogP contribution is -2.41. The minimum atomic E-state index is 0.326. The maximum atomic E-state index is 12.2. The van der Waals surface area contributed by atoms with Crippen LogP contribution in [0.5, 0.6) is 0 Å². The fraction of sp³-hybridized carbons (Fsp3) is 0.556. The Morgan fingerprint density at radius 2 is 2.00 bits per heavy atom. The van der Waals surface area contributed by atoms with Gasteiger partial charge in [0.05, 0.1) is 4.48 Å². The highest BCUT2D eigenvalue weighted by atomic mass is 79.9. The van der Waals surface area contributed by atoms with Crippen molar-refractivity contribution in [1.29, 1.82) is 0 Å². The van der Waals surface area contributed by atoms with E-state index in [1.807, 2.05) is 7.05 Å². The second-order valence-corrected chi connectivity index (χ2v) is 7.49. The van der Waals surface area contributed by atoms with E-state index in [1.165, 1.54) is 5.70 Å². The molecule has 0 aromatic rings. The van der Waals surface area contributed by atoms with Gasteiger partial charge in [-0.1, -0.05) is 12.7 Å². The molecule has 3 aliphatic rings. The summed E-state index contributed by atoms with van der Waals surface area (Å²) in [4.78, 5) is 21.1. The van der Waals surface area contributed by atoms with Crippen LogP contribution in [0.2, 0.25) is 0 Å². The van der Waals surface area contributed by atoms with Gasteiger partial charge in [-0.05, 0) is 54.6 Å². The smallest absolute Gasteiger partial charge is 0.225 e. The largest absolute Gasteiger partial charge is 0.342 e. The van der Waals surface area contributed by atoms with Crippen molar-refractivity contribution in [2.75, 3.05) is 20.1 Å². The average Bonchev–Trinajstić information content (AvgIpc) is 3.41. The average molecular weight is 378 g/mol. The zero-order chi connectivity index (χ0) is 16.6. The van der Waals surface area contributed by atoms with Crippen molar-refractivity contribution in [3.05, 3.63) is 34.7 Å². The number of halogens is 1. The van der Waals surface area contributed by atoms with Crippen molar-refractivity contribution >= 4 is 27.5 Å². The first kappa shape index (κ1) is 16.5. The molecule has 3 rings (SSSR count). The Balaban J connectivity index is 1.72. The summed E-state index contributed by atoms with van der Waals surface area (Å²) < 4.78 is 0.909. The summed E-state index contributed by atoms with van der Waals surface area (Å²) in [5.74, 6) is 2.04. The molecule has 2 aliphatic heterocycles. The number of carbonyl (C=O) groups excluding carboxylic acids is 1. The Hall–Kier alpha value is -1.36. The fourth-order valence-corrected chi connectivity index (χ4v) is 3.56. The third-order valence-corrected chi connectivity index (χ3v) is 5.66. The molecule has 0 aromatic carbocycles. The number of carbonyl (C=O) groups is 1. The summed E-state index contributed by atoms with van der Waals surface area (Å²) in [6, 6.07) is 0. The molecule has 23 heavy (non-hydrogen) atoms. The topological polar surface area (TPSA) is 35.9 Å². The van der Waals surface area contributed by atoms with Gasteiger partial charge in [-0.25, -0.2) is 4.99 Å². The van der Waals surface area contributed by atoms with Crippen LogP contribution < -0.4 is 0 Å². The molecular weight excluding hydrogens is 354 g/mol. The highest BCUT2D eigenvalue weighted by Gasteiger charge is 2.35. The number of likely N-dealkylation sites (tertiary alicyclic amines) is 1. The molecule has 0 radical (unpaired) electrons. The van der Waals surface area contributed by atoms with E-state index in [0.29, 0.717) is 17.7 Å². The number of aliphatic imine (C=N–C) groups is 1. The van der Waals surface area contributed by atoms with Gasteiger partial charge in [0.25, 0.3) is 0 Å². The zero-order valence-corrected chi connectivity index (χ0v) is 15.5. The first-order chi connectivity index (χ1) is 11.0. The highest BCUT2D eigenvalue weighted by Crippen LogP contribution is 2.33. The molecule has 124 valence electrons. The van der Waals surface area contributed by atoms with E-state index in [-0.39, 0.29) is 0 Å². The van der Waals surface area contributed by atoms with Gasteiger partial charge in [0, 0.05) is 43.4 Å². The van der Waals surface area contributed by atoms with Gasteiger partial charge < -0.3 is 9.80 Å². The first-order valence-electron chi connectivity index (χ1n) is 8.33. The molecule has 1 aliphatic carbocycles. The lowest BCUT2D eigenvalue weighted by atomic mass is 9.90. The van der Waals surface area contributed by atoms with E-state index in [9.17, 15) is 4.79 Å². The maximum Gasteiger partial charge on any atom is 0.225 e. The van der Waals surface area contributed by atoms with Gasteiger partial charge in [0.1, 0.15) is 5.82 Å². The van der Waals surface area contributed by atoms with E-state index < -0.39 is 0 Å². The number of hydrogen-bond acceptors (Lipinski definition) is 3. The van der Waals surface area contributed by atoms with Crippen LogP contribution in [0.15, 0.2) is 39.7 Å². The van der Waals surface area contributed by atoms with E-state index in [1.54, 1.807) is 6.08 Å². The Kier molecular flexibility index (Phi) is 4.76. The monoisotopic (exact) mass is 377 g/mol. The zero-order valence-electron chi connectivity index (χ0n) is 13.9. The second kappa shape index (κ2) is 6.63. The standard InChI is InChI=1S/C18H24BrN3O/c1-4-15(19)17-20-16(11-12(2)21(17)3)13-7-9-22(10-8-13)18(23)14-5-6-14/h4,11,13-14H,1,5-10H2,2-3H3/b17-15+. The Morgan fingerprint density at radius 1 is 1.35 bits per heavy atom. The van der Waals surface area contributed by atoms with Crippen molar-refractivity contribution in [3.8, 4) is 0 Å². The molecule has 0 unspecified atom stereocenters. The van der Waals surface area contributed by atoms with Crippen molar-refractivity contribution < 1.29 is 4.79 Å². The van der Waals surface area contributed by atoms with Crippen molar-refractivity contribution in [2.24, 2.45) is 16.8 Å². The molecule has 2 heterocycles. The normalized spacial score (nSPS) is 25.0. The predicted octanol–water partition coefficient (Wildman–Crippen LogP) is 3.68. The molecule has 0 N–H and O–H groups in total. The number of nitrogens with zero attached hydrogens (tertiary/aromatic N) is 3. The minimum Gasteiger partial charge on any atom is -0.342 e. The van der Waals surface area contributed by atoms with Gasteiger partial charge in [0.2, 0.25) is 5.91 Å². The van der Waals surface area contributed by atoms with E-state index in [4.69, 9.17) is 4.99 Å². The van der Waals surface area contributed by atoms with Crippen LogP contribution in [-0.2, 0) is 4.79 Å². The Morgan fingerprint density at radius 3 is 2.57 bits per heavy atom. The quantitative estimate of drug-likeness (QED) is 0.751. The van der Waals surface area contributed by atoms with Crippen molar-refractivity contribution in [2.45, 2.75) is 32.6 Å². The van der Waals surface area contributed by atoms with Crippen LogP contribution in [0.4, 0.5) is 0 Å². The molecule has 5 heteroatoms. The van der Waals surface area contributed by atoms with E-state index in [0.717, 1.165) is 54.8 Å². The number of rotatable bonds is 3. The summed E-state index contributed by atoms with van der Waals surface area (Å²) in [5.41, 5.74) is 2.31. The Bertz CT molecular complexity index is 608. The molecule has 1 saturated heterocycles. The lowest BCUT2D eigenvalue weighted by Gasteiger charge is -2.34. The maximum absolute atomic E-state index is 12.2.